The standard InChI is InChI=1S/C25H35BN4O5/c1-24(2)25(3,4)35-26(34-24)21(13-9-12-18-10-7-6-8-11-18)30-23(32)20(17-33-5)29-22(31)19-16-27-14-15-28-19/h6-8,10-11,14-16,20-21H,9,12-13,17H2,1-5H3,(H,29,31)(H,30,32)/t20-,21+/m1/s1/i5D3. The van der Waals surface area contributed by atoms with Gasteiger partial charge in [0, 0.05) is 19.4 Å². The molecule has 0 unspecified atom stereocenters. The van der Waals surface area contributed by atoms with Crippen molar-refractivity contribution in [2.75, 3.05) is 13.6 Å². The molecule has 2 atom stereocenters. The summed E-state index contributed by atoms with van der Waals surface area (Å²) < 4.78 is 39.4. The first-order valence-electron chi connectivity index (χ1n) is 13.2. The summed E-state index contributed by atoms with van der Waals surface area (Å²) in [6.45, 7) is 7.11. The Balaban J connectivity index is 1.76. The third-order valence-corrected chi connectivity index (χ3v) is 6.42. The molecular formula is C25H35BN4O5. The molecule has 3 rings (SSSR count). The minimum Gasteiger partial charge on any atom is -0.402 e. The number of methoxy groups -OCH3 is 1. The molecule has 0 radical (unpaired) electrons. The number of hydrogen-bond acceptors (Lipinski definition) is 7. The number of carbonyl (C=O) groups excluding carboxylic acids is 2. The van der Waals surface area contributed by atoms with Crippen LogP contribution in [0.15, 0.2) is 48.9 Å². The summed E-state index contributed by atoms with van der Waals surface area (Å²) >= 11 is 0. The molecule has 10 heteroatoms. The van der Waals surface area contributed by atoms with Crippen LogP contribution in [0.1, 0.15) is 60.7 Å². The van der Waals surface area contributed by atoms with Crippen LogP contribution >= 0.6 is 0 Å². The monoisotopic (exact) mass is 485 g/mol. The number of aromatic nitrogens is 2. The predicted octanol–water partition coefficient (Wildman–Crippen LogP) is 2.36. The zero-order chi connectivity index (χ0) is 28.0. The Bertz CT molecular complexity index is 1060. The molecule has 9 nitrogen and oxygen atoms in total. The number of hydrogen-bond donors (Lipinski definition) is 2. The van der Waals surface area contributed by atoms with Gasteiger partial charge in [-0.2, -0.15) is 0 Å². The van der Waals surface area contributed by atoms with E-state index in [9.17, 15) is 9.59 Å². The molecule has 2 heterocycles. The fraction of sp³-hybridized carbons (Fsp3) is 0.520. The maximum atomic E-state index is 13.4. The first-order chi connectivity index (χ1) is 17.8. The summed E-state index contributed by atoms with van der Waals surface area (Å²) in [5, 5.41) is 5.42. The van der Waals surface area contributed by atoms with Gasteiger partial charge in [-0.3, -0.25) is 14.6 Å². The van der Waals surface area contributed by atoms with Crippen molar-refractivity contribution in [1.82, 2.24) is 20.6 Å². The second-order valence-corrected chi connectivity index (χ2v) is 9.55. The highest BCUT2D eigenvalue weighted by Gasteiger charge is 2.54. The van der Waals surface area contributed by atoms with Crippen molar-refractivity contribution >= 4 is 18.9 Å². The first kappa shape index (κ1) is 22.6. The maximum absolute atomic E-state index is 13.4. The van der Waals surface area contributed by atoms with Gasteiger partial charge in [-0.1, -0.05) is 30.3 Å². The molecular weight excluding hydrogens is 447 g/mol. The van der Waals surface area contributed by atoms with Crippen molar-refractivity contribution in [1.29, 1.82) is 0 Å². The first-order valence-corrected chi connectivity index (χ1v) is 11.7. The molecule has 0 saturated carbocycles. The SMILES string of the molecule is [2H]C([2H])([2H])OC[C@@H](NC(=O)c1cnccn1)C(=O)N[C@@H](CCCc1ccccc1)B1OC(C)(C)C(C)(C)O1. The molecule has 1 aromatic heterocycles. The molecule has 1 aromatic carbocycles. The molecule has 2 amide bonds. The van der Waals surface area contributed by atoms with Crippen LogP contribution in [0.5, 0.6) is 0 Å². The maximum Gasteiger partial charge on any atom is 0.481 e. The van der Waals surface area contributed by atoms with Crippen LogP contribution < -0.4 is 10.6 Å². The quantitative estimate of drug-likeness (QED) is 0.470. The summed E-state index contributed by atoms with van der Waals surface area (Å²) in [5.41, 5.74) is -0.107. The zero-order valence-electron chi connectivity index (χ0n) is 23.6. The molecule has 2 aromatic rings. The van der Waals surface area contributed by atoms with Crippen LogP contribution in [-0.4, -0.2) is 65.7 Å². The molecule has 0 aliphatic carbocycles. The van der Waals surface area contributed by atoms with E-state index in [2.05, 4.69) is 20.6 Å². The lowest BCUT2D eigenvalue weighted by Crippen LogP contribution is -2.56. The third-order valence-electron chi connectivity index (χ3n) is 6.42. The van der Waals surface area contributed by atoms with Crippen LogP contribution in [0.25, 0.3) is 0 Å². The minimum absolute atomic E-state index is 0.0236. The van der Waals surface area contributed by atoms with Gasteiger partial charge < -0.3 is 24.7 Å². The number of nitrogens with zero attached hydrogens (tertiary/aromatic N) is 2. The van der Waals surface area contributed by atoms with Gasteiger partial charge in [0.15, 0.2) is 0 Å². The Hall–Kier alpha value is -2.82. The van der Waals surface area contributed by atoms with Gasteiger partial charge in [0.05, 0.1) is 34.1 Å². The number of aryl methyl sites for hydroxylation is 1. The topological polar surface area (TPSA) is 112 Å². The van der Waals surface area contributed by atoms with Gasteiger partial charge in [-0.05, 0) is 52.5 Å². The molecule has 35 heavy (non-hydrogen) atoms. The highest BCUT2D eigenvalue weighted by molar-refractivity contribution is 6.48. The number of ether oxygens (including phenoxy) is 1. The van der Waals surface area contributed by atoms with E-state index in [0.717, 1.165) is 18.4 Å². The van der Waals surface area contributed by atoms with Gasteiger partial charge in [0.1, 0.15) is 11.7 Å². The van der Waals surface area contributed by atoms with Crippen LogP contribution in [0.3, 0.4) is 0 Å². The fourth-order valence-corrected chi connectivity index (χ4v) is 3.70. The molecule has 0 spiro atoms. The third kappa shape index (κ3) is 7.10. The molecule has 188 valence electrons. The number of nitrogens with one attached hydrogen (secondary N) is 2. The van der Waals surface area contributed by atoms with Crippen molar-refractivity contribution in [3.63, 3.8) is 0 Å². The largest absolute Gasteiger partial charge is 0.481 e. The average Bonchev–Trinajstić information content (AvgIpc) is 3.08. The summed E-state index contributed by atoms with van der Waals surface area (Å²) in [5.74, 6) is -1.90. The van der Waals surface area contributed by atoms with E-state index in [1.54, 1.807) is 0 Å². The lowest BCUT2D eigenvalue weighted by Gasteiger charge is -2.32. The normalized spacial score (nSPS) is 19.7. The summed E-state index contributed by atoms with van der Waals surface area (Å²) in [6, 6.07) is 8.65. The summed E-state index contributed by atoms with van der Waals surface area (Å²) in [7, 11) is -3.50. The van der Waals surface area contributed by atoms with Gasteiger partial charge in [0.25, 0.3) is 5.91 Å². The zero-order valence-corrected chi connectivity index (χ0v) is 20.6. The van der Waals surface area contributed by atoms with Gasteiger partial charge in [-0.15, -0.1) is 0 Å². The van der Waals surface area contributed by atoms with E-state index < -0.39 is 55.8 Å². The number of rotatable bonds is 11. The summed E-state index contributed by atoms with van der Waals surface area (Å²) in [4.78, 5) is 33.9. The smallest absolute Gasteiger partial charge is 0.402 e. The van der Waals surface area contributed by atoms with Crippen LogP contribution in [-0.2, 0) is 25.3 Å². The Kier molecular flexibility index (Phi) is 7.60. The molecule has 1 fully saturated rings. The van der Waals surface area contributed by atoms with E-state index >= 15 is 0 Å². The van der Waals surface area contributed by atoms with Crippen molar-refractivity contribution in [2.45, 2.75) is 70.1 Å². The Morgan fingerprint density at radius 2 is 1.83 bits per heavy atom. The van der Waals surface area contributed by atoms with Crippen LogP contribution in [0.2, 0.25) is 0 Å². The minimum atomic E-state index is -2.75. The second-order valence-electron chi connectivity index (χ2n) is 9.55. The predicted molar refractivity (Wildman–Crippen MR) is 133 cm³/mol. The second kappa shape index (κ2) is 11.7. The number of benzene rings is 1. The van der Waals surface area contributed by atoms with E-state index in [4.69, 9.17) is 18.2 Å². The molecule has 2 N–H and O–H groups in total. The molecule has 1 aliphatic rings. The summed E-state index contributed by atoms with van der Waals surface area (Å²) in [6.07, 6.45) is 6.00. The van der Waals surface area contributed by atoms with Crippen molar-refractivity contribution in [2.24, 2.45) is 0 Å². The number of amides is 2. The van der Waals surface area contributed by atoms with E-state index in [-0.39, 0.29) is 5.69 Å². The average molecular weight is 485 g/mol. The van der Waals surface area contributed by atoms with E-state index in [1.165, 1.54) is 18.6 Å². The lowest BCUT2D eigenvalue weighted by molar-refractivity contribution is -0.124. The van der Waals surface area contributed by atoms with Gasteiger partial charge >= 0.3 is 7.12 Å². The van der Waals surface area contributed by atoms with Crippen molar-refractivity contribution < 1.29 is 27.7 Å². The van der Waals surface area contributed by atoms with E-state index in [1.807, 2.05) is 58.0 Å². The molecule has 1 saturated heterocycles. The van der Waals surface area contributed by atoms with E-state index in [0.29, 0.717) is 6.42 Å². The lowest BCUT2D eigenvalue weighted by atomic mass is 9.75. The Morgan fingerprint density at radius 1 is 1.11 bits per heavy atom. The highest BCUT2D eigenvalue weighted by Crippen LogP contribution is 2.38. The van der Waals surface area contributed by atoms with Crippen LogP contribution in [0.4, 0.5) is 0 Å². The van der Waals surface area contributed by atoms with Crippen molar-refractivity contribution in [3.05, 3.63) is 60.2 Å². The number of carbonyl (C=O) groups is 2. The van der Waals surface area contributed by atoms with Crippen LogP contribution in [0, 0.1) is 0 Å². The fourth-order valence-electron chi connectivity index (χ4n) is 3.70. The van der Waals surface area contributed by atoms with Gasteiger partial charge in [0.2, 0.25) is 5.91 Å². The molecule has 0 bridgehead atoms. The van der Waals surface area contributed by atoms with Gasteiger partial charge in [-0.25, -0.2) is 4.98 Å². The van der Waals surface area contributed by atoms with Crippen molar-refractivity contribution in [3.8, 4) is 0 Å². The Labute approximate surface area is 211 Å². The Morgan fingerprint density at radius 3 is 2.46 bits per heavy atom. The highest BCUT2D eigenvalue weighted by atomic mass is 16.7. The molecule has 1 aliphatic heterocycles.